The van der Waals surface area contributed by atoms with Gasteiger partial charge in [0, 0.05) is 46.4 Å². The molecule has 0 aliphatic rings. The first-order valence-electron chi connectivity index (χ1n) is 6.20. The van der Waals surface area contributed by atoms with Gasteiger partial charge in [-0.1, -0.05) is 11.3 Å². The summed E-state index contributed by atoms with van der Waals surface area (Å²) in [5.41, 5.74) is 1.74. The molecule has 6 heteroatoms. The van der Waals surface area contributed by atoms with Crippen molar-refractivity contribution >= 4 is 22.6 Å². The average molecular weight is 473 g/mol. The maximum atomic E-state index is 12.1. The van der Waals surface area contributed by atoms with E-state index in [-0.39, 0.29) is 45.1 Å². The molecule has 2 rings (SSSR count). The van der Waals surface area contributed by atoms with Crippen LogP contribution in [0.15, 0.2) is 35.1 Å². The number of hydrogen-bond acceptors (Lipinski definition) is 3. The minimum atomic E-state index is 0. The topological polar surface area (TPSA) is 40.5 Å². The Morgan fingerprint density at radius 2 is 1.95 bits per heavy atom. The first-order valence-corrected chi connectivity index (χ1v) is 7.28. The molecule has 1 radical (unpaired) electrons. The molecule has 109 valence electrons. The zero-order chi connectivity index (χ0) is 14.5. The minimum Gasteiger partial charge on any atom is -0.468 e. The van der Waals surface area contributed by atoms with Crippen LogP contribution in [0, 0.1) is 9.64 Å². The summed E-state index contributed by atoms with van der Waals surface area (Å²) in [6.45, 7) is 2.78. The normalized spacial score (nSPS) is 10.0. The van der Waals surface area contributed by atoms with Gasteiger partial charge in [-0.05, 0) is 22.6 Å². The van der Waals surface area contributed by atoms with E-state index >= 15 is 0 Å². The van der Waals surface area contributed by atoms with E-state index in [9.17, 15) is 4.79 Å². The van der Waals surface area contributed by atoms with E-state index in [1.165, 1.54) is 0 Å². The first-order chi connectivity index (χ1) is 9.67. The monoisotopic (exact) mass is 473 g/mol. The average Bonchev–Trinajstić information content (AvgIpc) is 2.48. The molecule has 0 saturated carbocycles. The standard InChI is InChI=1S/C15H15INO3.Y/c1-3-17-14(9-8-13(16)15(17)18)11-4-6-12(7-5-11)20-10-19-2;/h4-8H,3,10H2,1-2H3;/q-1;. The van der Waals surface area contributed by atoms with Crippen molar-refractivity contribution in [3.05, 3.63) is 50.3 Å². The van der Waals surface area contributed by atoms with Gasteiger partial charge in [-0.25, -0.2) is 0 Å². The van der Waals surface area contributed by atoms with Gasteiger partial charge in [-0.15, -0.1) is 34.7 Å². The summed E-state index contributed by atoms with van der Waals surface area (Å²) in [5.74, 6) is 0.728. The van der Waals surface area contributed by atoms with Gasteiger partial charge < -0.3 is 14.0 Å². The van der Waals surface area contributed by atoms with Gasteiger partial charge in [0.15, 0.2) is 6.79 Å². The largest absolute Gasteiger partial charge is 0.468 e. The van der Waals surface area contributed by atoms with Crippen molar-refractivity contribution < 1.29 is 42.2 Å². The second-order valence-electron chi connectivity index (χ2n) is 4.11. The molecule has 21 heavy (non-hydrogen) atoms. The van der Waals surface area contributed by atoms with E-state index in [0.717, 1.165) is 17.0 Å². The van der Waals surface area contributed by atoms with Crippen LogP contribution in [-0.4, -0.2) is 18.5 Å². The van der Waals surface area contributed by atoms with Crippen molar-refractivity contribution in [2.75, 3.05) is 13.9 Å². The maximum absolute atomic E-state index is 12.1. The third kappa shape index (κ3) is 4.61. The van der Waals surface area contributed by atoms with Crippen molar-refractivity contribution in [1.82, 2.24) is 4.57 Å². The summed E-state index contributed by atoms with van der Waals surface area (Å²) in [4.78, 5) is 12.1. The second-order valence-corrected chi connectivity index (χ2v) is 5.27. The van der Waals surface area contributed by atoms with Crippen molar-refractivity contribution in [3.63, 3.8) is 0 Å². The van der Waals surface area contributed by atoms with Crippen molar-refractivity contribution in [2.45, 2.75) is 13.5 Å². The fourth-order valence-corrected chi connectivity index (χ4v) is 2.33. The fourth-order valence-electron chi connectivity index (χ4n) is 1.88. The van der Waals surface area contributed by atoms with Crippen LogP contribution in [0.4, 0.5) is 0 Å². The number of halogens is 1. The Morgan fingerprint density at radius 3 is 2.52 bits per heavy atom. The molecule has 0 spiro atoms. The molecule has 1 heterocycles. The van der Waals surface area contributed by atoms with Gasteiger partial charge in [0.1, 0.15) is 5.75 Å². The van der Waals surface area contributed by atoms with E-state index in [0.29, 0.717) is 10.1 Å². The van der Waals surface area contributed by atoms with E-state index in [4.69, 9.17) is 9.47 Å². The van der Waals surface area contributed by atoms with Crippen LogP contribution in [0.25, 0.3) is 11.3 Å². The molecule has 0 atom stereocenters. The minimum absolute atomic E-state index is 0. The Bertz CT molecular complexity index is 640. The number of ether oxygens (including phenoxy) is 2. The van der Waals surface area contributed by atoms with Crippen LogP contribution in [0.2, 0.25) is 0 Å². The number of aromatic nitrogens is 1. The third-order valence-electron chi connectivity index (χ3n) is 2.84. The summed E-state index contributed by atoms with van der Waals surface area (Å²) in [5, 5.41) is 0. The molecule has 0 aliphatic heterocycles. The Morgan fingerprint density at radius 1 is 1.29 bits per heavy atom. The molecular formula is C15H15INO3Y-. The van der Waals surface area contributed by atoms with Crippen LogP contribution >= 0.6 is 22.6 Å². The molecule has 1 aromatic carbocycles. The van der Waals surface area contributed by atoms with Crippen LogP contribution < -0.4 is 10.3 Å². The van der Waals surface area contributed by atoms with Gasteiger partial charge in [0.05, 0.1) is 0 Å². The van der Waals surface area contributed by atoms with Gasteiger partial charge in [0.25, 0.3) is 0 Å². The zero-order valence-electron chi connectivity index (χ0n) is 11.9. The van der Waals surface area contributed by atoms with Gasteiger partial charge in [0.2, 0.25) is 5.56 Å². The summed E-state index contributed by atoms with van der Waals surface area (Å²) < 4.78 is 12.6. The molecule has 0 N–H and O–H groups in total. The molecule has 1 aromatic heterocycles. The summed E-state index contributed by atoms with van der Waals surface area (Å²) in [6.07, 6.45) is 0. The maximum Gasteiger partial charge on any atom is 0.207 e. The third-order valence-corrected chi connectivity index (χ3v) is 3.62. The van der Waals surface area contributed by atoms with Crippen molar-refractivity contribution in [1.29, 1.82) is 0 Å². The van der Waals surface area contributed by atoms with E-state index in [2.05, 4.69) is 6.07 Å². The molecule has 0 aliphatic carbocycles. The molecule has 0 amide bonds. The molecule has 0 bridgehead atoms. The Kier molecular flexibility index (Phi) is 8.09. The molecule has 2 aromatic rings. The van der Waals surface area contributed by atoms with E-state index in [1.54, 1.807) is 17.7 Å². The number of methoxy groups -OCH3 is 1. The Hall–Kier alpha value is -0.236. The smallest absolute Gasteiger partial charge is 0.207 e. The first kappa shape index (κ1) is 18.8. The number of pyridine rings is 1. The number of nitrogens with zero attached hydrogens (tertiary/aromatic N) is 1. The van der Waals surface area contributed by atoms with Crippen molar-refractivity contribution in [2.24, 2.45) is 0 Å². The summed E-state index contributed by atoms with van der Waals surface area (Å²) >= 11 is 2.03. The predicted octanol–water partition coefficient (Wildman–Crippen LogP) is 2.92. The molecule has 0 saturated heterocycles. The molecule has 0 fully saturated rings. The summed E-state index contributed by atoms with van der Waals surface area (Å²) in [6, 6.07) is 12.4. The predicted molar refractivity (Wildman–Crippen MR) is 85.9 cm³/mol. The van der Waals surface area contributed by atoms with Crippen LogP contribution in [0.5, 0.6) is 5.75 Å². The van der Waals surface area contributed by atoms with Crippen LogP contribution in [0.1, 0.15) is 6.92 Å². The van der Waals surface area contributed by atoms with Crippen LogP contribution in [-0.2, 0) is 44.0 Å². The molecule has 4 nitrogen and oxygen atoms in total. The van der Waals surface area contributed by atoms with E-state index < -0.39 is 0 Å². The molecule has 0 unspecified atom stereocenters. The summed E-state index contributed by atoms with van der Waals surface area (Å²) in [7, 11) is 1.58. The Labute approximate surface area is 162 Å². The van der Waals surface area contributed by atoms with Gasteiger partial charge in [-0.2, -0.15) is 12.1 Å². The van der Waals surface area contributed by atoms with Crippen LogP contribution in [0.3, 0.4) is 0 Å². The van der Waals surface area contributed by atoms with Crippen molar-refractivity contribution in [3.8, 4) is 17.0 Å². The SMILES string of the molecule is CCn1c(-c2ccc(OCOC)cc2)[c-]cc(I)c1=O.[Y]. The fraction of sp³-hybridized carbons (Fsp3) is 0.267. The van der Waals surface area contributed by atoms with E-state index in [1.807, 2.05) is 53.8 Å². The quantitative estimate of drug-likeness (QED) is 0.381. The van der Waals surface area contributed by atoms with Gasteiger partial charge in [-0.3, -0.25) is 4.79 Å². The molecular weight excluding hydrogens is 458 g/mol. The van der Waals surface area contributed by atoms with Gasteiger partial charge >= 0.3 is 0 Å². The number of rotatable bonds is 5. The Balaban J connectivity index is 0.00000220. The number of benzene rings is 1. The second kappa shape index (κ2) is 9.03. The number of hydrogen-bond donors (Lipinski definition) is 0. The zero-order valence-corrected chi connectivity index (χ0v) is 16.9.